The van der Waals surface area contributed by atoms with Gasteiger partial charge in [0.2, 0.25) is 15.9 Å². The van der Waals surface area contributed by atoms with E-state index in [9.17, 15) is 18.0 Å². The summed E-state index contributed by atoms with van der Waals surface area (Å²) < 4.78 is 33.5. The number of sulfonamides is 1. The number of hydrogen-bond acceptors (Lipinski definition) is 5. The molecule has 2 aliphatic rings. The van der Waals surface area contributed by atoms with Crippen molar-refractivity contribution in [1.82, 2.24) is 14.9 Å². The molecule has 2 aromatic rings. The third kappa shape index (κ3) is 6.29. The van der Waals surface area contributed by atoms with E-state index in [1.807, 2.05) is 0 Å². The van der Waals surface area contributed by atoms with Crippen molar-refractivity contribution in [2.24, 2.45) is 5.92 Å². The first-order chi connectivity index (χ1) is 17.5. The molecule has 0 aliphatic carbocycles. The second-order valence-corrected chi connectivity index (χ2v) is 12.6. The summed E-state index contributed by atoms with van der Waals surface area (Å²) in [6.07, 6.45) is 1.76. The highest BCUT2D eigenvalue weighted by atomic mass is 32.2. The van der Waals surface area contributed by atoms with Crippen LogP contribution >= 0.6 is 0 Å². The molecule has 198 valence electrons. The van der Waals surface area contributed by atoms with Gasteiger partial charge in [-0.3, -0.25) is 9.59 Å². The summed E-state index contributed by atoms with van der Waals surface area (Å²) in [6.45, 7) is 11.0. The summed E-state index contributed by atoms with van der Waals surface area (Å²) in [5.74, 6) is -0.542. The maximum absolute atomic E-state index is 13.2. The first-order valence-electron chi connectivity index (χ1n) is 12.5. The summed E-state index contributed by atoms with van der Waals surface area (Å²) >= 11 is 0. The van der Waals surface area contributed by atoms with Crippen molar-refractivity contribution in [2.75, 3.05) is 19.6 Å². The minimum Gasteiger partial charge on any atom is -0.354 e. The lowest BCUT2D eigenvalue weighted by molar-refractivity contribution is -0.120. The average molecular weight is 526 g/mol. The standard InChI is InChI=1S/C28H35N3O5S/c1-5-25(32)30-26-16-21-17-31(18-24(21)36-26)37(34,35)23-12-8-20(9-13-23)27(33)29-15-14-19-6-10-22(11-7-19)28(2,3)4/h5-13,21,24,26H,1,14-18H2,2-4H3,(H,29,33)(H,30,32). The van der Waals surface area contributed by atoms with Gasteiger partial charge in [-0.1, -0.05) is 51.6 Å². The molecule has 2 amide bonds. The summed E-state index contributed by atoms with van der Waals surface area (Å²) in [5.41, 5.74) is 2.91. The van der Waals surface area contributed by atoms with E-state index >= 15 is 0 Å². The molecule has 2 N–H and O–H groups in total. The van der Waals surface area contributed by atoms with Crippen molar-refractivity contribution in [2.45, 2.75) is 56.3 Å². The van der Waals surface area contributed by atoms with Crippen molar-refractivity contribution in [1.29, 1.82) is 0 Å². The molecule has 0 aromatic heterocycles. The van der Waals surface area contributed by atoms with Gasteiger partial charge >= 0.3 is 0 Å². The minimum atomic E-state index is -3.72. The molecule has 4 rings (SSSR count). The predicted octanol–water partition coefficient (Wildman–Crippen LogP) is 2.99. The Morgan fingerprint density at radius 3 is 2.35 bits per heavy atom. The van der Waals surface area contributed by atoms with E-state index in [-0.39, 0.29) is 40.7 Å². The molecule has 3 atom stereocenters. The van der Waals surface area contributed by atoms with Crippen molar-refractivity contribution in [3.05, 3.63) is 77.9 Å². The molecule has 2 heterocycles. The Balaban J connectivity index is 1.28. The van der Waals surface area contributed by atoms with Crippen molar-refractivity contribution in [3.8, 4) is 0 Å². The van der Waals surface area contributed by atoms with Gasteiger partial charge in [0, 0.05) is 31.1 Å². The molecule has 9 heteroatoms. The van der Waals surface area contributed by atoms with E-state index in [2.05, 4.69) is 62.2 Å². The monoisotopic (exact) mass is 525 g/mol. The van der Waals surface area contributed by atoms with E-state index in [1.165, 1.54) is 40.2 Å². The molecule has 3 unspecified atom stereocenters. The fourth-order valence-electron chi connectivity index (χ4n) is 4.75. The number of carbonyl (C=O) groups is 2. The Morgan fingerprint density at radius 1 is 1.08 bits per heavy atom. The largest absolute Gasteiger partial charge is 0.354 e. The molecule has 0 radical (unpaired) electrons. The Hall–Kier alpha value is -3.01. The Morgan fingerprint density at radius 2 is 1.76 bits per heavy atom. The fourth-order valence-corrected chi connectivity index (χ4v) is 6.26. The zero-order valence-corrected chi connectivity index (χ0v) is 22.4. The van der Waals surface area contributed by atoms with Crippen LogP contribution in [0.15, 0.2) is 66.1 Å². The molecule has 0 spiro atoms. The lowest BCUT2D eigenvalue weighted by Crippen LogP contribution is -2.37. The summed E-state index contributed by atoms with van der Waals surface area (Å²) in [6, 6.07) is 14.4. The van der Waals surface area contributed by atoms with E-state index in [1.54, 1.807) is 0 Å². The van der Waals surface area contributed by atoms with Crippen LogP contribution in [0.2, 0.25) is 0 Å². The summed E-state index contributed by atoms with van der Waals surface area (Å²) in [4.78, 5) is 24.2. The zero-order chi connectivity index (χ0) is 26.8. The highest BCUT2D eigenvalue weighted by molar-refractivity contribution is 7.89. The quantitative estimate of drug-likeness (QED) is 0.516. The molecule has 0 saturated carbocycles. The van der Waals surface area contributed by atoms with Crippen LogP contribution in [0.4, 0.5) is 0 Å². The van der Waals surface area contributed by atoms with Gasteiger partial charge in [0.1, 0.15) is 6.23 Å². The van der Waals surface area contributed by atoms with Gasteiger partial charge in [0.05, 0.1) is 11.0 Å². The number of rotatable bonds is 8. The highest BCUT2D eigenvalue weighted by Crippen LogP contribution is 2.35. The highest BCUT2D eigenvalue weighted by Gasteiger charge is 2.46. The molecule has 2 aliphatic heterocycles. The maximum atomic E-state index is 13.2. The van der Waals surface area contributed by atoms with Crippen molar-refractivity contribution < 1.29 is 22.7 Å². The van der Waals surface area contributed by atoms with Gasteiger partial charge in [-0.15, -0.1) is 0 Å². The van der Waals surface area contributed by atoms with Crippen molar-refractivity contribution >= 4 is 21.8 Å². The Labute approximate surface area is 219 Å². The van der Waals surface area contributed by atoms with Crippen LogP contribution in [0.1, 0.15) is 48.7 Å². The van der Waals surface area contributed by atoms with E-state index in [4.69, 9.17) is 4.74 Å². The van der Waals surface area contributed by atoms with Crippen LogP contribution in [0.25, 0.3) is 0 Å². The molecule has 2 saturated heterocycles. The van der Waals surface area contributed by atoms with Gasteiger partial charge in [-0.05, 0) is 59.7 Å². The molecule has 2 fully saturated rings. The number of ether oxygens (including phenoxy) is 1. The lowest BCUT2D eigenvalue weighted by Gasteiger charge is -2.19. The van der Waals surface area contributed by atoms with Gasteiger partial charge in [0.25, 0.3) is 5.91 Å². The Bertz CT molecular complexity index is 1240. The lowest BCUT2D eigenvalue weighted by atomic mass is 9.86. The number of nitrogens with one attached hydrogen (secondary N) is 2. The number of benzene rings is 2. The zero-order valence-electron chi connectivity index (χ0n) is 21.6. The second-order valence-electron chi connectivity index (χ2n) is 10.7. The number of amides is 2. The third-order valence-electron chi connectivity index (χ3n) is 6.97. The third-order valence-corrected chi connectivity index (χ3v) is 8.81. The van der Waals surface area contributed by atoms with Gasteiger partial charge < -0.3 is 15.4 Å². The van der Waals surface area contributed by atoms with Crippen LogP contribution in [0, 0.1) is 5.92 Å². The minimum absolute atomic E-state index is 0.0135. The normalized spacial score (nSPS) is 21.9. The van der Waals surface area contributed by atoms with Crippen LogP contribution in [-0.2, 0) is 31.4 Å². The molecule has 0 bridgehead atoms. The first-order valence-corrected chi connectivity index (χ1v) is 14.0. The fraction of sp³-hybridized carbons (Fsp3) is 0.429. The Kier molecular flexibility index (Phi) is 7.87. The average Bonchev–Trinajstić information content (AvgIpc) is 3.43. The van der Waals surface area contributed by atoms with Crippen LogP contribution < -0.4 is 10.6 Å². The molecule has 8 nitrogen and oxygen atoms in total. The number of nitrogens with zero attached hydrogens (tertiary/aromatic N) is 1. The van der Waals surface area contributed by atoms with E-state index in [0.717, 1.165) is 5.56 Å². The van der Waals surface area contributed by atoms with Crippen LogP contribution in [0.5, 0.6) is 0 Å². The van der Waals surface area contributed by atoms with E-state index in [0.29, 0.717) is 31.5 Å². The predicted molar refractivity (Wildman–Crippen MR) is 141 cm³/mol. The first kappa shape index (κ1) is 27.0. The van der Waals surface area contributed by atoms with Crippen LogP contribution in [-0.4, -0.2) is 56.5 Å². The summed E-state index contributed by atoms with van der Waals surface area (Å²) in [7, 11) is -3.72. The topological polar surface area (TPSA) is 105 Å². The number of hydrogen-bond donors (Lipinski definition) is 2. The van der Waals surface area contributed by atoms with E-state index < -0.39 is 16.3 Å². The van der Waals surface area contributed by atoms with Gasteiger partial charge in [-0.25, -0.2) is 8.42 Å². The number of carbonyl (C=O) groups excluding carboxylic acids is 2. The molecular weight excluding hydrogens is 490 g/mol. The van der Waals surface area contributed by atoms with Gasteiger partial charge in [-0.2, -0.15) is 4.31 Å². The van der Waals surface area contributed by atoms with Crippen LogP contribution in [0.3, 0.4) is 0 Å². The maximum Gasteiger partial charge on any atom is 0.251 e. The number of fused-ring (bicyclic) bond motifs is 1. The molecule has 37 heavy (non-hydrogen) atoms. The van der Waals surface area contributed by atoms with Crippen molar-refractivity contribution in [3.63, 3.8) is 0 Å². The second kappa shape index (κ2) is 10.8. The van der Waals surface area contributed by atoms with Gasteiger partial charge in [0.15, 0.2) is 0 Å². The summed E-state index contributed by atoms with van der Waals surface area (Å²) in [5, 5.41) is 5.61. The SMILES string of the molecule is C=CC(=O)NC1CC2CN(S(=O)(=O)c3ccc(C(=O)NCCc4ccc(C(C)(C)C)cc4)cc3)CC2O1. The molecule has 2 aromatic carbocycles. The smallest absolute Gasteiger partial charge is 0.251 e. The molecular formula is C28H35N3O5S.